The Morgan fingerprint density at radius 1 is 1.32 bits per heavy atom. The van der Waals surface area contributed by atoms with Crippen molar-refractivity contribution in [3.05, 3.63) is 28.8 Å². The average molecular weight is 303 g/mol. The highest BCUT2D eigenvalue weighted by Gasteiger charge is 2.23. The van der Waals surface area contributed by atoms with Crippen molar-refractivity contribution in [2.24, 2.45) is 0 Å². The van der Waals surface area contributed by atoms with E-state index in [2.05, 4.69) is 10.3 Å². The number of hydrogen-bond acceptors (Lipinski definition) is 5. The number of benzene rings is 1. The van der Waals surface area contributed by atoms with Gasteiger partial charge < -0.3 is 14.8 Å². The summed E-state index contributed by atoms with van der Waals surface area (Å²) in [6.45, 7) is -0.0351. The maximum Gasteiger partial charge on any atom is 0.261 e. The molecule has 22 heavy (non-hydrogen) atoms. The van der Waals surface area contributed by atoms with E-state index in [0.717, 1.165) is 12.8 Å². The number of nitrogens with zero attached hydrogens (tertiary/aromatic N) is 2. The lowest BCUT2D eigenvalue weighted by atomic mass is 10.2. The molecule has 3 rings (SSSR count). The van der Waals surface area contributed by atoms with Crippen molar-refractivity contribution in [3.8, 4) is 11.5 Å². The molecule has 0 atom stereocenters. The summed E-state index contributed by atoms with van der Waals surface area (Å²) in [6, 6.07) is 3.49. The van der Waals surface area contributed by atoms with Gasteiger partial charge >= 0.3 is 0 Å². The summed E-state index contributed by atoms with van der Waals surface area (Å²) in [6.07, 6.45) is 3.39. The first kappa shape index (κ1) is 14.4. The van der Waals surface area contributed by atoms with Gasteiger partial charge in [0.2, 0.25) is 5.91 Å². The topological polar surface area (TPSA) is 82.5 Å². The van der Waals surface area contributed by atoms with Crippen molar-refractivity contribution in [1.29, 1.82) is 0 Å². The van der Waals surface area contributed by atoms with E-state index in [4.69, 9.17) is 9.47 Å². The maximum atomic E-state index is 12.5. The lowest BCUT2D eigenvalue weighted by molar-refractivity contribution is -0.121. The lowest BCUT2D eigenvalue weighted by Crippen LogP contribution is -2.33. The van der Waals surface area contributed by atoms with Gasteiger partial charge in [0.05, 0.1) is 31.4 Å². The van der Waals surface area contributed by atoms with Crippen LogP contribution < -0.4 is 20.3 Å². The van der Waals surface area contributed by atoms with E-state index >= 15 is 0 Å². The van der Waals surface area contributed by atoms with Crippen LogP contribution in [-0.2, 0) is 11.3 Å². The number of nitrogens with one attached hydrogen (secondary N) is 1. The number of fused-ring (bicyclic) bond motifs is 1. The summed E-state index contributed by atoms with van der Waals surface area (Å²) < 4.78 is 11.7. The predicted molar refractivity (Wildman–Crippen MR) is 80.3 cm³/mol. The molecule has 7 heteroatoms. The summed E-state index contributed by atoms with van der Waals surface area (Å²) in [4.78, 5) is 28.5. The van der Waals surface area contributed by atoms with Crippen molar-refractivity contribution in [2.45, 2.75) is 25.4 Å². The van der Waals surface area contributed by atoms with Gasteiger partial charge in [0.25, 0.3) is 5.56 Å². The van der Waals surface area contributed by atoms with Gasteiger partial charge in [0.15, 0.2) is 11.5 Å². The molecule has 1 aromatic heterocycles. The van der Waals surface area contributed by atoms with E-state index in [1.54, 1.807) is 12.1 Å². The second-order valence-corrected chi connectivity index (χ2v) is 5.24. The van der Waals surface area contributed by atoms with E-state index in [1.807, 2.05) is 0 Å². The molecule has 1 aromatic carbocycles. The van der Waals surface area contributed by atoms with Crippen LogP contribution in [-0.4, -0.2) is 35.7 Å². The zero-order chi connectivity index (χ0) is 15.7. The third kappa shape index (κ3) is 2.74. The Morgan fingerprint density at radius 3 is 2.64 bits per heavy atom. The zero-order valence-electron chi connectivity index (χ0n) is 12.5. The second kappa shape index (κ2) is 5.67. The molecular formula is C15H17N3O4. The second-order valence-electron chi connectivity index (χ2n) is 5.24. The third-order valence-electron chi connectivity index (χ3n) is 3.59. The Hall–Kier alpha value is -2.57. The minimum atomic E-state index is -0.281. The van der Waals surface area contributed by atoms with Crippen molar-refractivity contribution in [3.63, 3.8) is 0 Å². The van der Waals surface area contributed by atoms with Crippen molar-refractivity contribution in [2.75, 3.05) is 14.2 Å². The minimum absolute atomic E-state index is 0.0351. The summed E-state index contributed by atoms with van der Waals surface area (Å²) in [5.41, 5.74) is 0.221. The van der Waals surface area contributed by atoms with Crippen LogP contribution in [0, 0.1) is 0 Å². The van der Waals surface area contributed by atoms with Gasteiger partial charge in [-0.1, -0.05) is 0 Å². The maximum absolute atomic E-state index is 12.5. The molecule has 0 aliphatic heterocycles. The SMILES string of the molecule is COc1cc2ncn(CC(=O)NC3CC3)c(=O)c2cc1OC. The molecule has 0 saturated heterocycles. The van der Waals surface area contributed by atoms with Gasteiger partial charge in [-0.05, 0) is 18.9 Å². The molecule has 1 fully saturated rings. The standard InChI is InChI=1S/C15H17N3O4/c1-21-12-5-10-11(6-13(12)22-2)16-8-18(15(10)20)7-14(19)17-9-3-4-9/h5-6,8-9H,3-4,7H2,1-2H3,(H,17,19). The lowest BCUT2D eigenvalue weighted by Gasteiger charge is -2.10. The Morgan fingerprint density at radius 2 is 2.00 bits per heavy atom. The van der Waals surface area contributed by atoms with Crippen LogP contribution in [0.15, 0.2) is 23.3 Å². The molecule has 0 spiro atoms. The number of aromatic nitrogens is 2. The van der Waals surface area contributed by atoms with Crippen LogP contribution in [0.4, 0.5) is 0 Å². The van der Waals surface area contributed by atoms with Crippen LogP contribution in [0.2, 0.25) is 0 Å². The van der Waals surface area contributed by atoms with Crippen molar-refractivity contribution in [1.82, 2.24) is 14.9 Å². The highest BCUT2D eigenvalue weighted by Crippen LogP contribution is 2.29. The molecule has 1 aliphatic rings. The Bertz CT molecular complexity index is 780. The average Bonchev–Trinajstić information content (AvgIpc) is 3.32. The molecule has 0 unspecified atom stereocenters. The molecule has 7 nitrogen and oxygen atoms in total. The quantitative estimate of drug-likeness (QED) is 0.879. The van der Waals surface area contributed by atoms with Crippen LogP contribution in [0.5, 0.6) is 11.5 Å². The molecule has 1 aliphatic carbocycles. The van der Waals surface area contributed by atoms with E-state index < -0.39 is 0 Å². The number of ether oxygens (including phenoxy) is 2. The van der Waals surface area contributed by atoms with Crippen LogP contribution in [0.3, 0.4) is 0 Å². The first-order valence-electron chi connectivity index (χ1n) is 7.03. The van der Waals surface area contributed by atoms with Crippen molar-refractivity contribution < 1.29 is 14.3 Å². The molecular weight excluding hydrogens is 286 g/mol. The van der Waals surface area contributed by atoms with E-state index in [9.17, 15) is 9.59 Å². The number of carbonyl (C=O) groups excluding carboxylic acids is 1. The fourth-order valence-corrected chi connectivity index (χ4v) is 2.25. The van der Waals surface area contributed by atoms with Crippen LogP contribution >= 0.6 is 0 Å². The van der Waals surface area contributed by atoms with E-state index in [1.165, 1.54) is 25.1 Å². The minimum Gasteiger partial charge on any atom is -0.493 e. The monoisotopic (exact) mass is 303 g/mol. The molecule has 0 radical (unpaired) electrons. The summed E-state index contributed by atoms with van der Waals surface area (Å²) >= 11 is 0. The molecule has 2 aromatic rings. The zero-order valence-corrected chi connectivity index (χ0v) is 12.5. The van der Waals surface area contributed by atoms with Crippen molar-refractivity contribution >= 4 is 16.8 Å². The summed E-state index contributed by atoms with van der Waals surface area (Å²) in [5.74, 6) is 0.784. The fraction of sp³-hybridized carbons (Fsp3) is 0.400. The molecule has 1 amide bonds. The van der Waals surface area contributed by atoms with Gasteiger partial charge in [-0.3, -0.25) is 14.2 Å². The fourth-order valence-electron chi connectivity index (χ4n) is 2.25. The number of amides is 1. The Balaban J connectivity index is 1.97. The number of hydrogen-bond donors (Lipinski definition) is 1. The third-order valence-corrected chi connectivity index (χ3v) is 3.59. The molecule has 1 saturated carbocycles. The molecule has 116 valence electrons. The molecule has 1 heterocycles. The smallest absolute Gasteiger partial charge is 0.261 e. The highest BCUT2D eigenvalue weighted by atomic mass is 16.5. The van der Waals surface area contributed by atoms with Gasteiger partial charge in [-0.25, -0.2) is 4.98 Å². The largest absolute Gasteiger partial charge is 0.493 e. The Kier molecular flexibility index (Phi) is 3.70. The first-order chi connectivity index (χ1) is 10.6. The number of rotatable bonds is 5. The normalized spacial score (nSPS) is 13.9. The van der Waals surface area contributed by atoms with Gasteiger partial charge in [0, 0.05) is 12.1 Å². The van der Waals surface area contributed by atoms with Gasteiger partial charge in [0.1, 0.15) is 6.54 Å². The molecule has 0 bridgehead atoms. The predicted octanol–water partition coefficient (Wildman–Crippen LogP) is 0.692. The van der Waals surface area contributed by atoms with E-state index in [-0.39, 0.29) is 24.1 Å². The van der Waals surface area contributed by atoms with E-state index in [0.29, 0.717) is 22.4 Å². The number of carbonyl (C=O) groups is 1. The van der Waals surface area contributed by atoms with Crippen LogP contribution in [0.1, 0.15) is 12.8 Å². The number of methoxy groups -OCH3 is 2. The summed E-state index contributed by atoms with van der Waals surface area (Å²) in [5, 5.41) is 3.24. The Labute approximate surface area is 126 Å². The highest BCUT2D eigenvalue weighted by molar-refractivity contribution is 5.82. The summed E-state index contributed by atoms with van der Waals surface area (Å²) in [7, 11) is 3.02. The first-order valence-corrected chi connectivity index (χ1v) is 7.03. The molecule has 1 N–H and O–H groups in total. The van der Waals surface area contributed by atoms with Crippen LogP contribution in [0.25, 0.3) is 10.9 Å². The van der Waals surface area contributed by atoms with Gasteiger partial charge in [-0.2, -0.15) is 0 Å². The van der Waals surface area contributed by atoms with Gasteiger partial charge in [-0.15, -0.1) is 0 Å².